The number of carbonyl (C=O) groups excluding carboxylic acids is 2. The largest absolute Gasteiger partial charge is 0.479 e. The molecule has 9 heteroatoms. The third-order valence-corrected chi connectivity index (χ3v) is 8.31. The molecule has 8 nitrogen and oxygen atoms in total. The van der Waals surface area contributed by atoms with Crippen LogP contribution < -0.4 is 10.1 Å². The second-order valence-electron chi connectivity index (χ2n) is 8.72. The van der Waals surface area contributed by atoms with Gasteiger partial charge in [0.25, 0.3) is 5.91 Å². The van der Waals surface area contributed by atoms with Gasteiger partial charge in [-0.3, -0.25) is 9.59 Å². The van der Waals surface area contributed by atoms with Crippen LogP contribution in [0.2, 0.25) is 0 Å². The minimum absolute atomic E-state index is 0.0407. The zero-order valence-electron chi connectivity index (χ0n) is 19.1. The Labute approximate surface area is 194 Å². The summed E-state index contributed by atoms with van der Waals surface area (Å²) in [6.07, 6.45) is 0.264. The Morgan fingerprint density at radius 3 is 2.52 bits per heavy atom. The van der Waals surface area contributed by atoms with E-state index >= 15 is 0 Å². The fourth-order valence-electron chi connectivity index (χ4n) is 4.35. The summed E-state index contributed by atoms with van der Waals surface area (Å²) in [5.74, 6) is -0.0754. The van der Waals surface area contributed by atoms with Gasteiger partial charge in [0, 0.05) is 38.7 Å². The number of amides is 2. The zero-order chi connectivity index (χ0) is 23.8. The summed E-state index contributed by atoms with van der Waals surface area (Å²) >= 11 is 0. The maximum Gasteiger partial charge on any atom is 0.265 e. The van der Waals surface area contributed by atoms with E-state index in [1.54, 1.807) is 31.9 Å². The van der Waals surface area contributed by atoms with Crippen LogP contribution in [0.5, 0.6) is 5.75 Å². The Balaban J connectivity index is 1.43. The molecule has 2 aromatic rings. The number of nitrogens with one attached hydrogen (secondary N) is 1. The molecule has 0 radical (unpaired) electrons. The van der Waals surface area contributed by atoms with E-state index in [0.29, 0.717) is 36.4 Å². The average Bonchev–Trinajstić information content (AvgIpc) is 2.80. The third kappa shape index (κ3) is 4.74. The standard InChI is InChI=1S/C24H29N3O5S/c1-16-13-20-21(32-17(2)23(28)25-20)14-22(16)33(30,31)27-11-9-19(10-12-27)24(29)26(3)15-18-7-5-4-6-8-18/h4-8,13-14,17,19H,9-12,15H2,1-3H3,(H,25,28)/t17-/m0/s1. The molecule has 0 aromatic heterocycles. The third-order valence-electron chi connectivity index (χ3n) is 6.27. The molecule has 4 rings (SSSR count). The smallest absolute Gasteiger partial charge is 0.265 e. The van der Waals surface area contributed by atoms with Gasteiger partial charge in [-0.15, -0.1) is 0 Å². The molecule has 2 aliphatic heterocycles. The number of ether oxygens (including phenoxy) is 1. The number of aryl methyl sites for hydroxylation is 1. The molecule has 2 aliphatic rings. The number of fused-ring (bicyclic) bond motifs is 1. The van der Waals surface area contributed by atoms with Crippen LogP contribution in [-0.4, -0.2) is 55.7 Å². The number of benzene rings is 2. The molecule has 33 heavy (non-hydrogen) atoms. The van der Waals surface area contributed by atoms with Gasteiger partial charge in [0.2, 0.25) is 15.9 Å². The van der Waals surface area contributed by atoms with E-state index in [0.717, 1.165) is 5.56 Å². The number of anilines is 1. The first-order valence-electron chi connectivity index (χ1n) is 11.1. The van der Waals surface area contributed by atoms with E-state index in [1.807, 2.05) is 30.3 Å². The molecule has 2 heterocycles. The van der Waals surface area contributed by atoms with Crippen molar-refractivity contribution >= 4 is 27.5 Å². The molecule has 0 aliphatic carbocycles. The van der Waals surface area contributed by atoms with Gasteiger partial charge in [0.15, 0.2) is 6.10 Å². The van der Waals surface area contributed by atoms with E-state index in [4.69, 9.17) is 4.74 Å². The quantitative estimate of drug-likeness (QED) is 0.724. The molecule has 0 saturated carbocycles. The van der Waals surface area contributed by atoms with Crippen molar-refractivity contribution in [3.63, 3.8) is 0 Å². The van der Waals surface area contributed by atoms with Crippen molar-refractivity contribution < 1.29 is 22.7 Å². The summed E-state index contributed by atoms with van der Waals surface area (Å²) in [5.41, 5.74) is 2.07. The van der Waals surface area contributed by atoms with Crippen molar-refractivity contribution in [3.8, 4) is 5.75 Å². The molecule has 0 spiro atoms. The normalized spacial score (nSPS) is 19.4. The number of hydrogen-bond acceptors (Lipinski definition) is 5. The van der Waals surface area contributed by atoms with Gasteiger partial charge in [-0.2, -0.15) is 4.31 Å². The number of hydrogen-bond donors (Lipinski definition) is 1. The van der Waals surface area contributed by atoms with Gasteiger partial charge in [-0.05, 0) is 43.9 Å². The Morgan fingerprint density at radius 1 is 1.18 bits per heavy atom. The fraction of sp³-hybridized carbons (Fsp3) is 0.417. The van der Waals surface area contributed by atoms with Crippen molar-refractivity contribution in [1.82, 2.24) is 9.21 Å². The summed E-state index contributed by atoms with van der Waals surface area (Å²) in [5, 5.41) is 2.74. The van der Waals surface area contributed by atoms with E-state index in [-0.39, 0.29) is 35.7 Å². The van der Waals surface area contributed by atoms with Crippen LogP contribution in [0.4, 0.5) is 5.69 Å². The highest BCUT2D eigenvalue weighted by Gasteiger charge is 2.35. The molecule has 0 bridgehead atoms. The number of nitrogens with zero attached hydrogens (tertiary/aromatic N) is 2. The molecule has 2 aromatic carbocycles. The number of rotatable bonds is 5. The molecule has 0 unspecified atom stereocenters. The van der Waals surface area contributed by atoms with Gasteiger partial charge in [-0.1, -0.05) is 30.3 Å². The second kappa shape index (κ2) is 9.15. The van der Waals surface area contributed by atoms with Crippen molar-refractivity contribution in [2.45, 2.75) is 44.2 Å². The van der Waals surface area contributed by atoms with Crippen LogP contribution in [0, 0.1) is 12.8 Å². The van der Waals surface area contributed by atoms with Crippen LogP contribution in [0.25, 0.3) is 0 Å². The summed E-state index contributed by atoms with van der Waals surface area (Å²) in [7, 11) is -1.97. The van der Waals surface area contributed by atoms with Gasteiger partial charge < -0.3 is 15.0 Å². The first-order valence-corrected chi connectivity index (χ1v) is 12.5. The Morgan fingerprint density at radius 2 is 1.85 bits per heavy atom. The lowest BCUT2D eigenvalue weighted by Gasteiger charge is -2.33. The highest BCUT2D eigenvalue weighted by atomic mass is 32.2. The first kappa shape index (κ1) is 23.3. The van der Waals surface area contributed by atoms with E-state index in [9.17, 15) is 18.0 Å². The van der Waals surface area contributed by atoms with Crippen molar-refractivity contribution in [2.75, 3.05) is 25.5 Å². The summed E-state index contributed by atoms with van der Waals surface area (Å²) in [6.45, 7) is 4.40. The minimum Gasteiger partial charge on any atom is -0.479 e. The lowest BCUT2D eigenvalue weighted by atomic mass is 9.96. The number of piperidine rings is 1. The predicted molar refractivity (Wildman–Crippen MR) is 124 cm³/mol. The highest BCUT2D eigenvalue weighted by molar-refractivity contribution is 7.89. The van der Waals surface area contributed by atoms with Gasteiger partial charge in [-0.25, -0.2) is 8.42 Å². The van der Waals surface area contributed by atoms with Crippen molar-refractivity contribution in [3.05, 3.63) is 53.6 Å². The zero-order valence-corrected chi connectivity index (χ0v) is 19.9. The molecule has 1 atom stereocenters. The number of carbonyl (C=O) groups is 2. The van der Waals surface area contributed by atoms with Crippen LogP contribution in [0.1, 0.15) is 30.9 Å². The Kier molecular flexibility index (Phi) is 6.45. The molecule has 176 valence electrons. The molecule has 2 amide bonds. The van der Waals surface area contributed by atoms with Gasteiger partial charge >= 0.3 is 0 Å². The molecule has 1 saturated heterocycles. The average molecular weight is 472 g/mol. The SMILES string of the molecule is Cc1cc2c(cc1S(=O)(=O)N1CCC(C(=O)N(C)Cc3ccccc3)CC1)O[C@@H](C)C(=O)N2. The highest BCUT2D eigenvalue weighted by Crippen LogP contribution is 2.36. The van der Waals surface area contributed by atoms with Crippen LogP contribution in [-0.2, 0) is 26.2 Å². The van der Waals surface area contributed by atoms with E-state index in [2.05, 4.69) is 5.32 Å². The molecule has 1 fully saturated rings. The van der Waals surface area contributed by atoms with Crippen LogP contribution >= 0.6 is 0 Å². The van der Waals surface area contributed by atoms with E-state index in [1.165, 1.54) is 10.4 Å². The van der Waals surface area contributed by atoms with Gasteiger partial charge in [0.1, 0.15) is 5.75 Å². The lowest BCUT2D eigenvalue weighted by Crippen LogP contribution is -2.43. The molecular weight excluding hydrogens is 442 g/mol. The Hall–Kier alpha value is -2.91. The lowest BCUT2D eigenvalue weighted by molar-refractivity contribution is -0.136. The summed E-state index contributed by atoms with van der Waals surface area (Å²) in [4.78, 5) is 26.6. The van der Waals surface area contributed by atoms with Crippen molar-refractivity contribution in [2.24, 2.45) is 5.92 Å². The van der Waals surface area contributed by atoms with Gasteiger partial charge in [0.05, 0.1) is 10.6 Å². The maximum absolute atomic E-state index is 13.4. The maximum atomic E-state index is 13.4. The van der Waals surface area contributed by atoms with Crippen LogP contribution in [0.15, 0.2) is 47.4 Å². The first-order chi connectivity index (χ1) is 15.7. The predicted octanol–water partition coefficient (Wildman–Crippen LogP) is 2.77. The molecule has 1 N–H and O–H groups in total. The topological polar surface area (TPSA) is 96.0 Å². The van der Waals surface area contributed by atoms with E-state index < -0.39 is 16.1 Å². The Bertz CT molecular complexity index is 1160. The minimum atomic E-state index is -3.76. The van der Waals surface area contributed by atoms with Crippen molar-refractivity contribution in [1.29, 1.82) is 0 Å². The van der Waals surface area contributed by atoms with Crippen LogP contribution in [0.3, 0.4) is 0 Å². The second-order valence-corrected chi connectivity index (χ2v) is 10.6. The monoisotopic (exact) mass is 471 g/mol. The summed E-state index contributed by atoms with van der Waals surface area (Å²) in [6, 6.07) is 12.9. The number of sulfonamides is 1. The molecular formula is C24H29N3O5S. The fourth-order valence-corrected chi connectivity index (χ4v) is 6.04. The summed E-state index contributed by atoms with van der Waals surface area (Å²) < 4.78 is 33.8.